The minimum Gasteiger partial charge on any atom is -0.378 e. The van der Waals surface area contributed by atoms with Crippen molar-refractivity contribution in [2.75, 3.05) is 19.0 Å². The molecule has 0 aliphatic carbocycles. The van der Waals surface area contributed by atoms with Crippen molar-refractivity contribution in [3.05, 3.63) is 16.2 Å². The summed E-state index contributed by atoms with van der Waals surface area (Å²) >= 11 is 0.850. The first-order valence-corrected chi connectivity index (χ1v) is 8.73. The van der Waals surface area contributed by atoms with Crippen LogP contribution >= 0.6 is 11.3 Å². The Morgan fingerprint density at radius 2 is 2.24 bits per heavy atom. The van der Waals surface area contributed by atoms with E-state index < -0.39 is 14.9 Å². The number of nitrogens with zero attached hydrogens (tertiary/aromatic N) is 1. The van der Waals surface area contributed by atoms with Crippen LogP contribution in [-0.2, 0) is 14.8 Å². The smallest absolute Gasteiger partial charge is 0.304 e. The van der Waals surface area contributed by atoms with Crippen LogP contribution in [-0.4, -0.2) is 39.1 Å². The van der Waals surface area contributed by atoms with E-state index in [0.29, 0.717) is 19.4 Å². The second-order valence-corrected chi connectivity index (χ2v) is 7.80. The largest absolute Gasteiger partial charge is 0.378 e. The fourth-order valence-electron chi connectivity index (χ4n) is 2.19. The lowest BCUT2D eigenvalue weighted by Crippen LogP contribution is -2.40. The Morgan fingerprint density at radius 1 is 1.52 bits per heavy atom. The Hall–Kier alpha value is -1.23. The van der Waals surface area contributed by atoms with E-state index in [4.69, 9.17) is 4.74 Å². The lowest BCUT2D eigenvalue weighted by Gasteiger charge is -2.27. The Balaban J connectivity index is 2.21. The van der Waals surface area contributed by atoms with E-state index in [1.807, 2.05) is 6.92 Å². The molecule has 2 atom stereocenters. The van der Waals surface area contributed by atoms with Gasteiger partial charge in [0, 0.05) is 25.8 Å². The number of hydrogen-bond donors (Lipinski definition) is 2. The molecule has 2 unspecified atom stereocenters. The maximum atomic E-state index is 12.3. The molecular weight excluding hydrogens is 318 g/mol. The molecule has 21 heavy (non-hydrogen) atoms. The second kappa shape index (κ2) is 6.26. The molecule has 0 spiro atoms. The maximum Gasteiger partial charge on any atom is 0.304 e. The molecule has 1 fully saturated rings. The summed E-state index contributed by atoms with van der Waals surface area (Å²) in [6.45, 7) is 2.39. The van der Waals surface area contributed by atoms with Gasteiger partial charge in [-0.1, -0.05) is 11.3 Å². The van der Waals surface area contributed by atoms with Crippen molar-refractivity contribution in [2.45, 2.75) is 36.1 Å². The zero-order chi connectivity index (χ0) is 15.6. The van der Waals surface area contributed by atoms with Gasteiger partial charge in [-0.2, -0.15) is 0 Å². The van der Waals surface area contributed by atoms with Crippen LogP contribution in [0.5, 0.6) is 0 Å². The third-order valence-corrected chi connectivity index (χ3v) is 6.32. The summed E-state index contributed by atoms with van der Waals surface area (Å²) in [6, 6.07) is 0.875. The second-order valence-electron chi connectivity index (χ2n) is 4.81. The van der Waals surface area contributed by atoms with Gasteiger partial charge >= 0.3 is 5.69 Å². The van der Waals surface area contributed by atoms with E-state index in [0.717, 1.165) is 17.4 Å². The van der Waals surface area contributed by atoms with Gasteiger partial charge < -0.3 is 10.1 Å². The highest BCUT2D eigenvalue weighted by Gasteiger charge is 2.29. The predicted octanol–water partition coefficient (Wildman–Crippen LogP) is 1.54. The molecule has 118 valence electrons. The summed E-state index contributed by atoms with van der Waals surface area (Å²) in [4.78, 5) is 10.3. The van der Waals surface area contributed by atoms with Crippen molar-refractivity contribution in [1.29, 1.82) is 0 Å². The molecule has 1 aliphatic heterocycles. The van der Waals surface area contributed by atoms with E-state index in [2.05, 4.69) is 10.0 Å². The molecule has 0 bridgehead atoms. The quantitative estimate of drug-likeness (QED) is 0.624. The molecule has 1 saturated heterocycles. The zero-order valence-corrected chi connectivity index (χ0v) is 13.3. The molecule has 0 radical (unpaired) electrons. The van der Waals surface area contributed by atoms with Gasteiger partial charge in [-0.3, -0.25) is 10.1 Å². The van der Waals surface area contributed by atoms with Crippen molar-refractivity contribution >= 4 is 32.0 Å². The van der Waals surface area contributed by atoms with Crippen LogP contribution in [0.3, 0.4) is 0 Å². The maximum absolute atomic E-state index is 12.3. The van der Waals surface area contributed by atoms with E-state index >= 15 is 0 Å². The highest BCUT2D eigenvalue weighted by Crippen LogP contribution is 2.36. The number of sulfonamides is 1. The van der Waals surface area contributed by atoms with Crippen molar-refractivity contribution in [3.63, 3.8) is 0 Å². The topological polar surface area (TPSA) is 111 Å². The van der Waals surface area contributed by atoms with Crippen LogP contribution in [0.2, 0.25) is 0 Å². The van der Waals surface area contributed by atoms with Crippen LogP contribution in [0.15, 0.2) is 10.3 Å². The highest BCUT2D eigenvalue weighted by molar-refractivity contribution is 7.91. The molecule has 0 aromatic carbocycles. The molecule has 1 aliphatic rings. The molecule has 10 heteroatoms. The molecule has 0 amide bonds. The van der Waals surface area contributed by atoms with E-state index in [1.54, 1.807) is 0 Å². The van der Waals surface area contributed by atoms with Gasteiger partial charge in [0.1, 0.15) is 4.21 Å². The highest BCUT2D eigenvalue weighted by atomic mass is 32.2. The number of rotatable bonds is 5. The number of nitrogens with one attached hydrogen (secondary N) is 2. The van der Waals surface area contributed by atoms with Gasteiger partial charge in [0.2, 0.25) is 0 Å². The summed E-state index contributed by atoms with van der Waals surface area (Å²) < 4.78 is 32.5. The van der Waals surface area contributed by atoms with Crippen molar-refractivity contribution in [1.82, 2.24) is 4.72 Å². The molecule has 8 nitrogen and oxygen atoms in total. The Bertz CT molecular complexity index is 628. The fraction of sp³-hybridized carbons (Fsp3) is 0.636. The lowest BCUT2D eigenvalue weighted by atomic mass is 10.1. The number of ether oxygens (including phenoxy) is 1. The summed E-state index contributed by atoms with van der Waals surface area (Å²) in [6.07, 6.45) is 1.18. The molecule has 1 aromatic rings. The van der Waals surface area contributed by atoms with Crippen LogP contribution < -0.4 is 10.0 Å². The summed E-state index contributed by atoms with van der Waals surface area (Å²) in [7, 11) is -2.24. The van der Waals surface area contributed by atoms with Crippen molar-refractivity contribution in [3.8, 4) is 0 Å². The lowest BCUT2D eigenvalue weighted by molar-refractivity contribution is -0.383. The van der Waals surface area contributed by atoms with Crippen LogP contribution in [0.4, 0.5) is 10.7 Å². The van der Waals surface area contributed by atoms with Crippen LogP contribution in [0.25, 0.3) is 0 Å². The molecule has 1 aromatic heterocycles. The van der Waals surface area contributed by atoms with Gasteiger partial charge in [0.25, 0.3) is 10.0 Å². The first kappa shape index (κ1) is 16.1. The molecule has 0 saturated carbocycles. The van der Waals surface area contributed by atoms with Gasteiger partial charge in [-0.15, -0.1) is 0 Å². The Kier molecular flexibility index (Phi) is 4.81. The van der Waals surface area contributed by atoms with Gasteiger partial charge in [0.05, 0.1) is 11.0 Å². The number of thiophene rings is 1. The van der Waals surface area contributed by atoms with Crippen LogP contribution in [0.1, 0.15) is 19.8 Å². The fourth-order valence-corrected chi connectivity index (χ4v) is 4.77. The van der Waals surface area contributed by atoms with Crippen molar-refractivity contribution in [2.24, 2.45) is 0 Å². The number of nitro groups is 1. The summed E-state index contributed by atoms with van der Waals surface area (Å²) in [5.41, 5.74) is -0.233. The van der Waals surface area contributed by atoms with Gasteiger partial charge in [-0.05, 0) is 19.8 Å². The van der Waals surface area contributed by atoms with Gasteiger partial charge in [0.15, 0.2) is 5.00 Å². The summed E-state index contributed by atoms with van der Waals surface area (Å²) in [5.74, 6) is 0. The first-order valence-electron chi connectivity index (χ1n) is 6.43. The SMILES string of the molecule is CNc1sc(S(=O)(=O)NC2CCOC(C)C2)cc1[N+](=O)[O-]. The number of hydrogen-bond acceptors (Lipinski definition) is 7. The molecular formula is C11H17N3O5S2. The number of anilines is 1. The normalized spacial score (nSPS) is 23.0. The van der Waals surface area contributed by atoms with Gasteiger partial charge in [-0.25, -0.2) is 13.1 Å². The Labute approximate surface area is 126 Å². The monoisotopic (exact) mass is 335 g/mol. The minimum absolute atomic E-state index is 0.00279. The van der Waals surface area contributed by atoms with Crippen LogP contribution in [0, 0.1) is 10.1 Å². The molecule has 2 rings (SSSR count). The van der Waals surface area contributed by atoms with Crippen molar-refractivity contribution < 1.29 is 18.1 Å². The third kappa shape index (κ3) is 3.70. The molecule has 2 N–H and O–H groups in total. The standard InChI is InChI=1S/C11H17N3O5S2/c1-7-5-8(3-4-19-7)13-21(17,18)10-6-9(14(15)16)11(12-2)20-10/h6-8,12-13H,3-5H2,1-2H3. The minimum atomic E-state index is -3.76. The van der Waals surface area contributed by atoms with E-state index in [1.165, 1.54) is 7.05 Å². The average Bonchev–Trinajstić information content (AvgIpc) is 2.83. The van der Waals surface area contributed by atoms with E-state index in [-0.39, 0.29) is 27.0 Å². The predicted molar refractivity (Wildman–Crippen MR) is 79.3 cm³/mol. The molecule has 2 heterocycles. The third-order valence-electron chi connectivity index (χ3n) is 3.19. The zero-order valence-electron chi connectivity index (χ0n) is 11.7. The summed E-state index contributed by atoms with van der Waals surface area (Å²) in [5, 5.41) is 13.8. The average molecular weight is 335 g/mol. The van der Waals surface area contributed by atoms with E-state index in [9.17, 15) is 18.5 Å². The Morgan fingerprint density at radius 3 is 2.76 bits per heavy atom. The first-order chi connectivity index (χ1) is 9.83.